The number of nitrogens with zero attached hydrogens (tertiary/aromatic N) is 3. The maximum atomic E-state index is 2.56. The first-order valence-electron chi connectivity index (χ1n) is 18.4. The van der Waals surface area contributed by atoms with E-state index in [0.29, 0.717) is 0 Å². The molecule has 0 saturated carbocycles. The van der Waals surface area contributed by atoms with Crippen molar-refractivity contribution in [2.24, 2.45) is 0 Å². The lowest BCUT2D eigenvalue weighted by Gasteiger charge is -2.26. The van der Waals surface area contributed by atoms with Gasteiger partial charge in [-0.3, -0.25) is 0 Å². The fraction of sp³-hybridized carbons (Fsp3) is 0. The van der Waals surface area contributed by atoms with Gasteiger partial charge in [0.25, 0.3) is 0 Å². The Morgan fingerprint density at radius 3 is 1.60 bits per heavy atom. The average molecular weight is 672 g/mol. The smallest absolute Gasteiger partial charge is 0.0782 e. The van der Waals surface area contributed by atoms with Crippen molar-refractivity contribution >= 4 is 115 Å². The zero-order valence-corrected chi connectivity index (χ0v) is 28.6. The molecular weight excluding hydrogens is 643 g/mol. The van der Waals surface area contributed by atoms with Gasteiger partial charge in [-0.2, -0.15) is 0 Å². The Morgan fingerprint density at radius 1 is 0.302 bits per heavy atom. The van der Waals surface area contributed by atoms with Crippen molar-refractivity contribution in [3.63, 3.8) is 0 Å². The molecule has 9 aromatic carbocycles. The number of fused-ring (bicyclic) bond motifs is 17. The Labute approximate surface area is 303 Å². The van der Waals surface area contributed by atoms with Crippen LogP contribution < -0.4 is 4.90 Å². The highest BCUT2D eigenvalue weighted by molar-refractivity contribution is 6.41. The topological polar surface area (TPSA) is 12.1 Å². The van der Waals surface area contributed by atoms with E-state index in [4.69, 9.17) is 0 Å². The Bertz CT molecular complexity index is 3570. The molecule has 4 aromatic heterocycles. The maximum Gasteiger partial charge on any atom is 0.0782 e. The van der Waals surface area contributed by atoms with Crippen LogP contribution in [0.5, 0.6) is 0 Å². The van der Waals surface area contributed by atoms with Gasteiger partial charge in [0.1, 0.15) is 0 Å². The third-order valence-electron chi connectivity index (χ3n) is 11.9. The minimum atomic E-state index is 1.13. The molecule has 0 amide bonds. The van der Waals surface area contributed by atoms with Gasteiger partial charge in [-0.05, 0) is 76.1 Å². The summed E-state index contributed by atoms with van der Waals surface area (Å²) in [5, 5.41) is 15.6. The standard InChI is InChI=1S/C50H29N3/c1-3-15-32(16-4-1)51(33-17-5-2-6-18-33)43-24-12-22-37-36-21-11-23-38-45-41(53(48(36)38)49(37)43)27-28-42-47(45)46-35-20-10-8-14-31(35)29-39-44-34-19-9-7-13-30(34)25-26-40(44)52(42)50(39)46/h1-29H. The molecule has 3 heteroatoms. The van der Waals surface area contributed by atoms with Gasteiger partial charge in [0, 0.05) is 54.5 Å². The molecule has 244 valence electrons. The first-order chi connectivity index (χ1) is 26.3. The molecule has 0 aliphatic heterocycles. The van der Waals surface area contributed by atoms with E-state index in [1.807, 2.05) is 0 Å². The number of hydrogen-bond donors (Lipinski definition) is 0. The molecule has 4 heterocycles. The van der Waals surface area contributed by atoms with E-state index in [1.165, 1.54) is 97.7 Å². The fourth-order valence-electron chi connectivity index (χ4n) is 9.89. The monoisotopic (exact) mass is 671 g/mol. The second-order valence-electron chi connectivity index (χ2n) is 14.5. The Balaban J connectivity index is 1.26. The SMILES string of the molecule is c1ccc(N(c2ccccc2)c2cccc3c4cccc5c6c7c8c9ccccc9cc9c%10c%11ccccc%11ccc%10n(c7ccc6n(c23)c45)c98)cc1. The van der Waals surface area contributed by atoms with Crippen LogP contribution in [0.4, 0.5) is 17.1 Å². The second kappa shape index (κ2) is 9.81. The van der Waals surface area contributed by atoms with Crippen LogP contribution in [-0.2, 0) is 0 Å². The molecule has 3 nitrogen and oxygen atoms in total. The van der Waals surface area contributed by atoms with Crippen molar-refractivity contribution in [3.05, 3.63) is 176 Å². The van der Waals surface area contributed by atoms with Crippen LogP contribution >= 0.6 is 0 Å². The summed E-state index contributed by atoms with van der Waals surface area (Å²) in [5.41, 5.74) is 11.0. The highest BCUT2D eigenvalue weighted by Crippen LogP contribution is 2.51. The molecule has 0 fully saturated rings. The summed E-state index contributed by atoms with van der Waals surface area (Å²) >= 11 is 0. The highest BCUT2D eigenvalue weighted by atomic mass is 15.2. The molecule has 0 unspecified atom stereocenters. The van der Waals surface area contributed by atoms with Crippen LogP contribution in [0.3, 0.4) is 0 Å². The molecule has 53 heavy (non-hydrogen) atoms. The molecule has 0 aliphatic carbocycles. The zero-order valence-electron chi connectivity index (χ0n) is 28.6. The fourth-order valence-corrected chi connectivity index (χ4v) is 9.89. The van der Waals surface area contributed by atoms with Crippen molar-refractivity contribution in [2.75, 3.05) is 4.90 Å². The van der Waals surface area contributed by atoms with Gasteiger partial charge < -0.3 is 13.7 Å². The molecule has 0 spiro atoms. The molecule has 13 aromatic rings. The summed E-state index contributed by atoms with van der Waals surface area (Å²) < 4.78 is 5.11. The molecule has 0 atom stereocenters. The Hall–Kier alpha value is -7.10. The summed E-state index contributed by atoms with van der Waals surface area (Å²) in [5.74, 6) is 0. The second-order valence-corrected chi connectivity index (χ2v) is 14.5. The Kier molecular flexibility index (Phi) is 5.11. The summed E-state index contributed by atoms with van der Waals surface area (Å²) in [7, 11) is 0. The van der Waals surface area contributed by atoms with Crippen LogP contribution in [0.25, 0.3) is 97.7 Å². The van der Waals surface area contributed by atoms with Gasteiger partial charge in [-0.15, -0.1) is 0 Å². The van der Waals surface area contributed by atoms with E-state index in [0.717, 1.165) is 17.1 Å². The van der Waals surface area contributed by atoms with Crippen LogP contribution in [0, 0.1) is 0 Å². The van der Waals surface area contributed by atoms with Crippen molar-refractivity contribution in [1.82, 2.24) is 8.80 Å². The maximum absolute atomic E-state index is 2.56. The first kappa shape index (κ1) is 27.6. The zero-order chi connectivity index (χ0) is 34.4. The van der Waals surface area contributed by atoms with Gasteiger partial charge in [0.2, 0.25) is 0 Å². The quantitative estimate of drug-likeness (QED) is 0.182. The van der Waals surface area contributed by atoms with E-state index in [9.17, 15) is 0 Å². The van der Waals surface area contributed by atoms with Crippen LogP contribution in [-0.4, -0.2) is 8.80 Å². The third kappa shape index (κ3) is 3.36. The molecule has 13 rings (SSSR count). The molecule has 0 aliphatic rings. The number of aromatic nitrogens is 2. The van der Waals surface area contributed by atoms with Gasteiger partial charge >= 0.3 is 0 Å². The average Bonchev–Trinajstić information content (AvgIpc) is 3.95. The lowest BCUT2D eigenvalue weighted by Crippen LogP contribution is -2.10. The first-order valence-corrected chi connectivity index (χ1v) is 18.4. The normalized spacial score (nSPS) is 12.5. The van der Waals surface area contributed by atoms with E-state index in [1.54, 1.807) is 0 Å². The van der Waals surface area contributed by atoms with Crippen LogP contribution in [0.2, 0.25) is 0 Å². The molecule has 0 radical (unpaired) electrons. The lowest BCUT2D eigenvalue weighted by atomic mass is 9.96. The molecule has 0 bridgehead atoms. The summed E-state index contributed by atoms with van der Waals surface area (Å²) in [6, 6.07) is 64.8. The third-order valence-corrected chi connectivity index (χ3v) is 11.9. The lowest BCUT2D eigenvalue weighted by molar-refractivity contribution is 1.27. The molecule has 0 saturated heterocycles. The molecular formula is C50H29N3. The van der Waals surface area contributed by atoms with Crippen LogP contribution in [0.15, 0.2) is 176 Å². The van der Waals surface area contributed by atoms with Gasteiger partial charge in [-0.25, -0.2) is 0 Å². The number of para-hydroxylation sites is 4. The minimum absolute atomic E-state index is 1.13. The van der Waals surface area contributed by atoms with Crippen molar-refractivity contribution in [2.45, 2.75) is 0 Å². The minimum Gasteiger partial charge on any atom is -0.308 e. The summed E-state index contributed by atoms with van der Waals surface area (Å²) in [6.45, 7) is 0. The number of benzene rings is 9. The van der Waals surface area contributed by atoms with Crippen molar-refractivity contribution < 1.29 is 0 Å². The number of rotatable bonds is 3. The number of hydrogen-bond acceptors (Lipinski definition) is 1. The largest absolute Gasteiger partial charge is 0.308 e. The highest BCUT2D eigenvalue weighted by Gasteiger charge is 2.27. The van der Waals surface area contributed by atoms with Crippen molar-refractivity contribution in [1.29, 1.82) is 0 Å². The van der Waals surface area contributed by atoms with Gasteiger partial charge in [0.15, 0.2) is 0 Å². The van der Waals surface area contributed by atoms with Crippen molar-refractivity contribution in [3.8, 4) is 0 Å². The predicted molar refractivity (Wildman–Crippen MR) is 225 cm³/mol. The van der Waals surface area contributed by atoms with E-state index in [2.05, 4.69) is 190 Å². The van der Waals surface area contributed by atoms with E-state index in [-0.39, 0.29) is 0 Å². The molecule has 0 N–H and O–H groups in total. The van der Waals surface area contributed by atoms with Gasteiger partial charge in [0.05, 0.1) is 38.8 Å². The summed E-state index contributed by atoms with van der Waals surface area (Å²) in [6.07, 6.45) is 0. The van der Waals surface area contributed by atoms with Gasteiger partial charge in [-0.1, -0.05) is 121 Å². The number of anilines is 3. The predicted octanol–water partition coefficient (Wildman–Crippen LogP) is 13.8. The van der Waals surface area contributed by atoms with Crippen LogP contribution in [0.1, 0.15) is 0 Å². The summed E-state index contributed by atoms with van der Waals surface area (Å²) in [4.78, 5) is 2.41. The van der Waals surface area contributed by atoms with E-state index < -0.39 is 0 Å². The Morgan fingerprint density at radius 2 is 0.849 bits per heavy atom. The van der Waals surface area contributed by atoms with E-state index >= 15 is 0 Å².